The zero-order valence-electron chi connectivity index (χ0n) is 10.7. The van der Waals surface area contributed by atoms with Crippen molar-refractivity contribution in [2.24, 2.45) is 7.05 Å². The molecule has 1 aromatic heterocycles. The van der Waals surface area contributed by atoms with Gasteiger partial charge in [-0.15, -0.1) is 0 Å². The number of nitrogens with two attached hydrogens (primary N) is 1. The van der Waals surface area contributed by atoms with Crippen LogP contribution in [0.1, 0.15) is 5.56 Å². The molecule has 19 heavy (non-hydrogen) atoms. The third kappa shape index (κ3) is 1.87. The number of rotatable bonds is 1. The van der Waals surface area contributed by atoms with Gasteiger partial charge in [0.1, 0.15) is 19.0 Å². The van der Waals surface area contributed by atoms with Gasteiger partial charge < -0.3 is 15.2 Å². The quantitative estimate of drug-likeness (QED) is 0.875. The average molecular weight is 324 g/mol. The van der Waals surface area contributed by atoms with Gasteiger partial charge in [0.05, 0.1) is 10.7 Å². The van der Waals surface area contributed by atoms with Crippen LogP contribution in [0.4, 0.5) is 5.82 Å². The summed E-state index contributed by atoms with van der Waals surface area (Å²) in [5, 5.41) is 4.19. The zero-order valence-corrected chi connectivity index (χ0v) is 12.3. The highest BCUT2D eigenvalue weighted by molar-refractivity contribution is 9.10. The van der Waals surface area contributed by atoms with Crippen molar-refractivity contribution in [3.8, 4) is 22.6 Å². The molecule has 2 heterocycles. The molecule has 0 amide bonds. The predicted molar refractivity (Wildman–Crippen MR) is 76.5 cm³/mol. The normalized spacial score (nSPS) is 13.6. The molecule has 2 aromatic rings. The number of nitrogen functional groups attached to an aromatic ring is 1. The van der Waals surface area contributed by atoms with E-state index in [0.717, 1.165) is 32.7 Å². The van der Waals surface area contributed by atoms with E-state index in [1.165, 1.54) is 0 Å². The van der Waals surface area contributed by atoms with E-state index >= 15 is 0 Å². The van der Waals surface area contributed by atoms with Crippen LogP contribution in [0, 0.1) is 6.92 Å². The van der Waals surface area contributed by atoms with Crippen LogP contribution in [-0.2, 0) is 7.05 Å². The van der Waals surface area contributed by atoms with Crippen LogP contribution in [0.15, 0.2) is 16.7 Å². The minimum Gasteiger partial charge on any atom is -0.486 e. The molecule has 3 rings (SSSR count). The summed E-state index contributed by atoms with van der Waals surface area (Å²) in [4.78, 5) is 0. The molecule has 0 radical (unpaired) electrons. The van der Waals surface area contributed by atoms with Gasteiger partial charge in [-0.2, -0.15) is 5.10 Å². The Labute approximate surface area is 119 Å². The minimum absolute atomic E-state index is 0.552. The Kier molecular flexibility index (Phi) is 2.89. The largest absolute Gasteiger partial charge is 0.486 e. The van der Waals surface area contributed by atoms with Crippen LogP contribution in [0.2, 0.25) is 0 Å². The number of halogens is 1. The van der Waals surface area contributed by atoms with Crippen LogP contribution in [0.3, 0.4) is 0 Å². The van der Waals surface area contributed by atoms with Gasteiger partial charge in [-0.05, 0) is 34.5 Å². The molecule has 0 bridgehead atoms. The maximum atomic E-state index is 6.06. The molecule has 6 heteroatoms. The summed E-state index contributed by atoms with van der Waals surface area (Å²) >= 11 is 3.60. The third-order valence-corrected chi connectivity index (χ3v) is 3.98. The molecule has 1 aromatic carbocycles. The Morgan fingerprint density at radius 3 is 2.79 bits per heavy atom. The Morgan fingerprint density at radius 2 is 2.11 bits per heavy atom. The summed E-state index contributed by atoms with van der Waals surface area (Å²) in [7, 11) is 1.82. The average Bonchev–Trinajstić information content (AvgIpc) is 2.71. The molecule has 1 aliphatic heterocycles. The van der Waals surface area contributed by atoms with Crippen molar-refractivity contribution in [3.63, 3.8) is 0 Å². The molecule has 0 atom stereocenters. The van der Waals surface area contributed by atoms with Crippen molar-refractivity contribution in [2.75, 3.05) is 18.9 Å². The second-order valence-corrected chi connectivity index (χ2v) is 5.27. The van der Waals surface area contributed by atoms with Crippen LogP contribution in [0.25, 0.3) is 11.1 Å². The number of anilines is 1. The lowest BCUT2D eigenvalue weighted by molar-refractivity contribution is 0.170. The number of aryl methyl sites for hydroxylation is 2. The molecular formula is C13H14BrN3O2. The van der Waals surface area contributed by atoms with E-state index in [9.17, 15) is 0 Å². The first-order valence-electron chi connectivity index (χ1n) is 5.96. The Morgan fingerprint density at radius 1 is 1.37 bits per heavy atom. The summed E-state index contributed by atoms with van der Waals surface area (Å²) < 4.78 is 13.8. The van der Waals surface area contributed by atoms with E-state index < -0.39 is 0 Å². The maximum absolute atomic E-state index is 6.06. The SMILES string of the molecule is Cc1cc2c(c(Br)c1-c1cnn(C)c1N)OCCO2. The predicted octanol–water partition coefficient (Wildman–Crippen LogP) is 2.51. The third-order valence-electron chi connectivity index (χ3n) is 3.23. The van der Waals surface area contributed by atoms with Gasteiger partial charge in [0.25, 0.3) is 0 Å². The first kappa shape index (κ1) is 12.3. The van der Waals surface area contributed by atoms with Crippen molar-refractivity contribution < 1.29 is 9.47 Å². The van der Waals surface area contributed by atoms with Crippen molar-refractivity contribution in [2.45, 2.75) is 6.92 Å². The second kappa shape index (κ2) is 4.45. The van der Waals surface area contributed by atoms with Crippen molar-refractivity contribution >= 4 is 21.7 Å². The van der Waals surface area contributed by atoms with Gasteiger partial charge >= 0.3 is 0 Å². The molecule has 0 fully saturated rings. The van der Waals surface area contributed by atoms with Crippen LogP contribution in [0.5, 0.6) is 11.5 Å². The molecule has 2 N–H and O–H groups in total. The van der Waals surface area contributed by atoms with Gasteiger partial charge in [-0.1, -0.05) is 0 Å². The molecule has 0 unspecified atom stereocenters. The number of ether oxygens (including phenoxy) is 2. The van der Waals surface area contributed by atoms with E-state index in [1.807, 2.05) is 20.0 Å². The lowest BCUT2D eigenvalue weighted by Gasteiger charge is -2.22. The fourth-order valence-electron chi connectivity index (χ4n) is 2.24. The van der Waals surface area contributed by atoms with Crippen molar-refractivity contribution in [1.29, 1.82) is 0 Å². The maximum Gasteiger partial charge on any atom is 0.176 e. The molecule has 0 saturated carbocycles. The highest BCUT2D eigenvalue weighted by atomic mass is 79.9. The topological polar surface area (TPSA) is 62.3 Å². The molecule has 0 spiro atoms. The monoisotopic (exact) mass is 323 g/mol. The number of fused-ring (bicyclic) bond motifs is 1. The molecule has 1 aliphatic rings. The molecule has 0 saturated heterocycles. The van der Waals surface area contributed by atoms with Crippen LogP contribution in [-0.4, -0.2) is 23.0 Å². The summed E-state index contributed by atoms with van der Waals surface area (Å²) in [6.07, 6.45) is 1.76. The summed E-state index contributed by atoms with van der Waals surface area (Å²) in [5.74, 6) is 2.12. The molecule has 100 valence electrons. The first-order valence-corrected chi connectivity index (χ1v) is 6.75. The van der Waals surface area contributed by atoms with E-state index in [2.05, 4.69) is 21.0 Å². The van der Waals surface area contributed by atoms with Gasteiger partial charge in [-0.3, -0.25) is 4.68 Å². The molecule has 0 aliphatic carbocycles. The fourth-order valence-corrected chi connectivity index (χ4v) is 3.07. The highest BCUT2D eigenvalue weighted by Crippen LogP contribution is 2.46. The summed E-state index contributed by atoms with van der Waals surface area (Å²) in [6, 6.07) is 1.97. The van der Waals surface area contributed by atoms with Gasteiger partial charge in [0.2, 0.25) is 0 Å². The van der Waals surface area contributed by atoms with Crippen LogP contribution >= 0.6 is 15.9 Å². The van der Waals surface area contributed by atoms with Gasteiger partial charge in [0, 0.05) is 18.2 Å². The lowest BCUT2D eigenvalue weighted by atomic mass is 10.0. The lowest BCUT2D eigenvalue weighted by Crippen LogP contribution is -2.16. The van der Waals surface area contributed by atoms with E-state index in [-0.39, 0.29) is 0 Å². The number of benzene rings is 1. The van der Waals surface area contributed by atoms with Gasteiger partial charge in [-0.25, -0.2) is 0 Å². The van der Waals surface area contributed by atoms with Crippen LogP contribution < -0.4 is 15.2 Å². The summed E-state index contributed by atoms with van der Waals surface area (Å²) in [6.45, 7) is 3.15. The van der Waals surface area contributed by atoms with Crippen molar-refractivity contribution in [1.82, 2.24) is 9.78 Å². The summed E-state index contributed by atoms with van der Waals surface area (Å²) in [5.41, 5.74) is 9.01. The Balaban J connectivity index is 2.24. The molecular weight excluding hydrogens is 310 g/mol. The second-order valence-electron chi connectivity index (χ2n) is 4.47. The van der Waals surface area contributed by atoms with Crippen molar-refractivity contribution in [3.05, 3.63) is 22.3 Å². The van der Waals surface area contributed by atoms with E-state index in [4.69, 9.17) is 15.2 Å². The number of nitrogens with zero attached hydrogens (tertiary/aromatic N) is 2. The first-order chi connectivity index (χ1) is 9.09. The smallest absolute Gasteiger partial charge is 0.176 e. The van der Waals surface area contributed by atoms with Gasteiger partial charge in [0.15, 0.2) is 11.5 Å². The minimum atomic E-state index is 0.552. The zero-order chi connectivity index (χ0) is 13.6. The fraction of sp³-hybridized carbons (Fsp3) is 0.308. The number of hydrogen-bond acceptors (Lipinski definition) is 4. The number of hydrogen-bond donors (Lipinski definition) is 1. The Hall–Kier alpha value is -1.69. The Bertz CT molecular complexity index is 652. The molecule has 5 nitrogen and oxygen atoms in total. The van der Waals surface area contributed by atoms with E-state index in [0.29, 0.717) is 19.0 Å². The van der Waals surface area contributed by atoms with E-state index in [1.54, 1.807) is 10.9 Å². The number of aromatic nitrogens is 2. The highest BCUT2D eigenvalue weighted by Gasteiger charge is 2.23. The standard InChI is InChI=1S/C13H14BrN3O2/c1-7-5-9-12(19-4-3-18-9)11(14)10(7)8-6-16-17(2)13(8)15/h5-6H,3-4,15H2,1-2H3.